The van der Waals surface area contributed by atoms with Crippen LogP contribution in [0.15, 0.2) is 18.2 Å². The smallest absolute Gasteiger partial charge is 0.260 e. The first-order chi connectivity index (χ1) is 9.52. The Morgan fingerprint density at radius 3 is 2.75 bits per heavy atom. The molecule has 1 fully saturated rings. The summed E-state index contributed by atoms with van der Waals surface area (Å²) in [5.41, 5.74) is 6.08. The Labute approximate surface area is 118 Å². The third-order valence-electron chi connectivity index (χ3n) is 3.47. The van der Waals surface area contributed by atoms with Crippen molar-refractivity contribution in [3.63, 3.8) is 0 Å². The molecule has 0 aromatic heterocycles. The predicted molar refractivity (Wildman–Crippen MR) is 74.9 cm³/mol. The summed E-state index contributed by atoms with van der Waals surface area (Å²) in [4.78, 5) is 13.8. The normalized spacial score (nSPS) is 15.8. The van der Waals surface area contributed by atoms with Gasteiger partial charge in [0.05, 0.1) is 0 Å². The van der Waals surface area contributed by atoms with E-state index in [2.05, 4.69) is 0 Å². The van der Waals surface area contributed by atoms with Gasteiger partial charge in [0, 0.05) is 30.3 Å². The largest absolute Gasteiger partial charge is 0.484 e. The second kappa shape index (κ2) is 6.22. The van der Waals surface area contributed by atoms with Crippen molar-refractivity contribution < 1.29 is 13.9 Å². The summed E-state index contributed by atoms with van der Waals surface area (Å²) in [7, 11) is 0. The van der Waals surface area contributed by atoms with Crippen LogP contribution >= 0.6 is 0 Å². The average Bonchev–Trinajstić information content (AvgIpc) is 3.21. The molecule has 110 valence electrons. The minimum Gasteiger partial charge on any atom is -0.484 e. The minimum atomic E-state index is -0.403. The molecule has 0 bridgehead atoms. The van der Waals surface area contributed by atoms with Crippen molar-refractivity contribution in [2.45, 2.75) is 38.8 Å². The maximum atomic E-state index is 13.7. The molecule has 20 heavy (non-hydrogen) atoms. The van der Waals surface area contributed by atoms with E-state index in [0.717, 1.165) is 12.8 Å². The molecule has 1 aromatic carbocycles. The summed E-state index contributed by atoms with van der Waals surface area (Å²) in [6, 6.07) is 4.52. The lowest BCUT2D eigenvalue weighted by atomic mass is 10.1. The minimum absolute atomic E-state index is 0.0494. The Morgan fingerprint density at radius 2 is 2.25 bits per heavy atom. The van der Waals surface area contributed by atoms with Crippen LogP contribution in [0.3, 0.4) is 0 Å². The number of likely N-dealkylation sites (N-methyl/N-ethyl adjacent to an activating group) is 1. The molecule has 1 saturated carbocycles. The summed E-state index contributed by atoms with van der Waals surface area (Å²) in [6.07, 6.45) is 2.13. The van der Waals surface area contributed by atoms with E-state index in [0.29, 0.717) is 23.9 Å². The van der Waals surface area contributed by atoms with Crippen LogP contribution in [0, 0.1) is 5.82 Å². The average molecular weight is 280 g/mol. The Balaban J connectivity index is 1.93. The number of amides is 1. The number of benzene rings is 1. The van der Waals surface area contributed by atoms with Crippen molar-refractivity contribution in [1.82, 2.24) is 4.90 Å². The van der Waals surface area contributed by atoms with Gasteiger partial charge in [0.25, 0.3) is 5.91 Å². The molecule has 0 aliphatic heterocycles. The van der Waals surface area contributed by atoms with Gasteiger partial charge < -0.3 is 15.4 Å². The lowest BCUT2D eigenvalue weighted by Crippen LogP contribution is -2.36. The number of nitrogens with two attached hydrogens (primary N) is 1. The lowest BCUT2D eigenvalue weighted by molar-refractivity contribution is -0.133. The number of carbonyl (C=O) groups is 1. The molecule has 5 heteroatoms. The fraction of sp³-hybridized carbons (Fsp3) is 0.533. The number of nitrogens with zero attached hydrogens (tertiary/aromatic N) is 1. The fourth-order valence-corrected chi connectivity index (χ4v) is 2.22. The zero-order valence-electron chi connectivity index (χ0n) is 11.9. The number of carbonyl (C=O) groups excluding carboxylic acids is 1. The molecule has 2 rings (SSSR count). The van der Waals surface area contributed by atoms with Crippen LogP contribution < -0.4 is 10.5 Å². The molecular formula is C15H21FN2O2. The maximum absolute atomic E-state index is 13.7. The molecule has 4 nitrogen and oxygen atoms in total. The van der Waals surface area contributed by atoms with Gasteiger partial charge in [0.15, 0.2) is 6.61 Å². The van der Waals surface area contributed by atoms with E-state index in [1.165, 1.54) is 6.07 Å². The van der Waals surface area contributed by atoms with E-state index >= 15 is 0 Å². The second-order valence-electron chi connectivity index (χ2n) is 5.17. The molecule has 0 radical (unpaired) electrons. The fourth-order valence-electron chi connectivity index (χ4n) is 2.22. The Kier molecular flexibility index (Phi) is 4.60. The van der Waals surface area contributed by atoms with Crippen molar-refractivity contribution in [3.05, 3.63) is 29.6 Å². The van der Waals surface area contributed by atoms with Crippen molar-refractivity contribution in [1.29, 1.82) is 0 Å². The number of halogens is 1. The van der Waals surface area contributed by atoms with Crippen molar-refractivity contribution >= 4 is 5.91 Å². The third kappa shape index (κ3) is 3.48. The zero-order valence-corrected chi connectivity index (χ0v) is 11.9. The molecule has 1 aliphatic rings. The second-order valence-corrected chi connectivity index (χ2v) is 5.17. The van der Waals surface area contributed by atoms with Gasteiger partial charge in [0.2, 0.25) is 0 Å². The number of hydrogen-bond acceptors (Lipinski definition) is 3. The summed E-state index contributed by atoms with van der Waals surface area (Å²) < 4.78 is 19.1. The van der Waals surface area contributed by atoms with Gasteiger partial charge in [-0.25, -0.2) is 4.39 Å². The molecule has 2 N–H and O–H groups in total. The highest BCUT2D eigenvalue weighted by atomic mass is 19.1. The lowest BCUT2D eigenvalue weighted by Gasteiger charge is -2.20. The van der Waals surface area contributed by atoms with Gasteiger partial charge in [-0.05, 0) is 32.8 Å². The quantitative estimate of drug-likeness (QED) is 0.869. The monoisotopic (exact) mass is 280 g/mol. The third-order valence-corrected chi connectivity index (χ3v) is 3.47. The van der Waals surface area contributed by atoms with Crippen LogP contribution in [-0.2, 0) is 4.79 Å². The van der Waals surface area contributed by atoms with Crippen molar-refractivity contribution in [3.8, 4) is 5.75 Å². The molecule has 1 aliphatic carbocycles. The number of hydrogen-bond donors (Lipinski definition) is 1. The van der Waals surface area contributed by atoms with Crippen LogP contribution in [0.1, 0.15) is 38.3 Å². The van der Waals surface area contributed by atoms with Crippen LogP contribution in [0.2, 0.25) is 0 Å². The first-order valence-corrected chi connectivity index (χ1v) is 7.00. The standard InChI is InChI=1S/C15H21FN2O2/c1-3-18(11-4-5-11)15(19)9-20-12-6-7-13(10(2)17)14(16)8-12/h6-8,10-11H,3-5,9,17H2,1-2H3/t10-/m1/s1. The highest BCUT2D eigenvalue weighted by Crippen LogP contribution is 2.27. The molecule has 1 amide bonds. The number of rotatable bonds is 6. The van der Waals surface area contributed by atoms with E-state index in [1.807, 2.05) is 11.8 Å². The van der Waals surface area contributed by atoms with E-state index in [1.54, 1.807) is 19.1 Å². The first kappa shape index (κ1) is 14.8. The molecule has 1 aromatic rings. The van der Waals surface area contributed by atoms with Crippen molar-refractivity contribution in [2.24, 2.45) is 5.73 Å². The summed E-state index contributed by atoms with van der Waals surface area (Å²) in [5, 5.41) is 0. The summed E-state index contributed by atoms with van der Waals surface area (Å²) in [6.45, 7) is 4.30. The van der Waals surface area contributed by atoms with E-state index in [-0.39, 0.29) is 18.6 Å². The van der Waals surface area contributed by atoms with Gasteiger partial charge in [-0.3, -0.25) is 4.79 Å². The van der Waals surface area contributed by atoms with Crippen LogP contribution in [-0.4, -0.2) is 30.0 Å². The molecule has 0 saturated heterocycles. The first-order valence-electron chi connectivity index (χ1n) is 7.00. The van der Waals surface area contributed by atoms with Gasteiger partial charge in [0.1, 0.15) is 11.6 Å². The zero-order chi connectivity index (χ0) is 14.7. The molecule has 0 unspecified atom stereocenters. The van der Waals surface area contributed by atoms with Crippen LogP contribution in [0.4, 0.5) is 4.39 Å². The van der Waals surface area contributed by atoms with E-state index in [4.69, 9.17) is 10.5 Å². The molecular weight excluding hydrogens is 259 g/mol. The summed E-state index contributed by atoms with van der Waals surface area (Å²) >= 11 is 0. The topological polar surface area (TPSA) is 55.6 Å². The molecule has 0 spiro atoms. The number of ether oxygens (including phenoxy) is 1. The summed E-state index contributed by atoms with van der Waals surface area (Å²) in [5.74, 6) is -0.0988. The Morgan fingerprint density at radius 1 is 1.55 bits per heavy atom. The van der Waals surface area contributed by atoms with Gasteiger partial charge in [-0.1, -0.05) is 6.07 Å². The highest BCUT2D eigenvalue weighted by Gasteiger charge is 2.31. The van der Waals surface area contributed by atoms with E-state index < -0.39 is 5.82 Å². The predicted octanol–water partition coefficient (Wildman–Crippen LogP) is 2.24. The Hall–Kier alpha value is -1.62. The maximum Gasteiger partial charge on any atom is 0.260 e. The van der Waals surface area contributed by atoms with E-state index in [9.17, 15) is 9.18 Å². The van der Waals surface area contributed by atoms with Crippen LogP contribution in [0.5, 0.6) is 5.75 Å². The van der Waals surface area contributed by atoms with Gasteiger partial charge >= 0.3 is 0 Å². The van der Waals surface area contributed by atoms with Gasteiger partial charge in [-0.15, -0.1) is 0 Å². The Bertz CT molecular complexity index is 487. The molecule has 0 heterocycles. The van der Waals surface area contributed by atoms with Crippen LogP contribution in [0.25, 0.3) is 0 Å². The van der Waals surface area contributed by atoms with Crippen molar-refractivity contribution in [2.75, 3.05) is 13.2 Å². The highest BCUT2D eigenvalue weighted by molar-refractivity contribution is 5.78. The van der Waals surface area contributed by atoms with Gasteiger partial charge in [-0.2, -0.15) is 0 Å². The SMILES string of the molecule is CCN(C(=O)COc1ccc([C@@H](C)N)c(F)c1)C1CC1. The molecule has 1 atom stereocenters.